The van der Waals surface area contributed by atoms with Crippen LogP contribution in [-0.2, 0) is 19.1 Å². The maximum absolute atomic E-state index is 13.5. The molecule has 0 aliphatic carbocycles. The van der Waals surface area contributed by atoms with Crippen LogP contribution in [0, 0.1) is 10.7 Å². The third-order valence-corrected chi connectivity index (χ3v) is 8.22. The van der Waals surface area contributed by atoms with Crippen LogP contribution in [0.25, 0.3) is 0 Å². The maximum Gasteiger partial charge on any atom is 0.256 e. The third-order valence-electron chi connectivity index (χ3n) is 5.09. The van der Waals surface area contributed by atoms with Gasteiger partial charge in [0.25, 0.3) is 5.91 Å². The number of hydrogen-bond acceptors (Lipinski definition) is 5. The van der Waals surface area contributed by atoms with Crippen molar-refractivity contribution >= 4 is 103 Å². The first kappa shape index (κ1) is 24.1. The lowest BCUT2D eigenvalue weighted by Crippen LogP contribution is -2.43. The Kier molecular flexibility index (Phi) is 7.98. The van der Waals surface area contributed by atoms with E-state index in [0.29, 0.717) is 60.4 Å². The highest BCUT2D eigenvalue weighted by Crippen LogP contribution is 2.43. The summed E-state index contributed by atoms with van der Waals surface area (Å²) in [6, 6.07) is 0. The first-order valence-corrected chi connectivity index (χ1v) is 12.6. The summed E-state index contributed by atoms with van der Waals surface area (Å²) in [6.07, 6.45) is 1.06. The van der Waals surface area contributed by atoms with Gasteiger partial charge in [-0.2, -0.15) is 0 Å². The number of piperidine rings is 1. The van der Waals surface area contributed by atoms with Crippen molar-refractivity contribution in [1.82, 2.24) is 4.90 Å². The Morgan fingerprint density at radius 1 is 0.967 bits per heavy atom. The van der Waals surface area contributed by atoms with Gasteiger partial charge in [-0.3, -0.25) is 19.2 Å². The second-order valence-electron chi connectivity index (χ2n) is 6.97. The second-order valence-corrected chi connectivity index (χ2v) is 10.2. The van der Waals surface area contributed by atoms with E-state index >= 15 is 0 Å². The predicted octanol–water partition coefficient (Wildman–Crippen LogP) is 3.00. The fourth-order valence-corrected chi connectivity index (χ4v) is 8.24. The summed E-state index contributed by atoms with van der Waals surface area (Å²) in [7, 11) is 1.63. The van der Waals surface area contributed by atoms with Crippen LogP contribution in [0.5, 0.6) is 0 Å². The number of carbonyl (C=O) groups is 4. The molecule has 11 heteroatoms. The zero-order valence-electron chi connectivity index (χ0n) is 16.5. The largest absolute Gasteiger partial charge is 0.378 e. The molecule has 3 rings (SSSR count). The molecule has 0 saturated carbocycles. The van der Waals surface area contributed by atoms with E-state index in [1.807, 2.05) is 22.6 Å². The van der Waals surface area contributed by atoms with Crippen LogP contribution in [0.2, 0.25) is 0 Å². The highest BCUT2D eigenvalue weighted by atomic mass is 127. The van der Waals surface area contributed by atoms with Crippen LogP contribution in [0.3, 0.4) is 0 Å². The Bertz CT molecular complexity index is 915. The topological polar surface area (TPSA) is 87.2 Å². The van der Waals surface area contributed by atoms with Gasteiger partial charge in [-0.25, -0.2) is 4.90 Å². The highest BCUT2D eigenvalue weighted by Gasteiger charge is 2.36. The Balaban J connectivity index is 2.27. The van der Waals surface area contributed by atoms with Gasteiger partial charge >= 0.3 is 0 Å². The number of rotatable bonds is 3. The molecule has 4 amide bonds. The van der Waals surface area contributed by atoms with Crippen molar-refractivity contribution in [3.05, 3.63) is 16.3 Å². The normalized spacial score (nSPS) is 17.4. The van der Waals surface area contributed by atoms with Gasteiger partial charge in [0.2, 0.25) is 17.7 Å². The molecular weight excluding hydrogens is 731 g/mol. The van der Waals surface area contributed by atoms with Crippen LogP contribution in [0.15, 0.2) is 0 Å². The maximum atomic E-state index is 13.5. The zero-order valence-corrected chi connectivity index (χ0v) is 22.9. The third kappa shape index (κ3) is 4.48. The average Bonchev–Trinajstić information content (AvgIpc) is 2.70. The lowest BCUT2D eigenvalue weighted by Gasteiger charge is -2.33. The van der Waals surface area contributed by atoms with E-state index in [2.05, 4.69) is 45.2 Å². The predicted molar refractivity (Wildman–Crippen MR) is 137 cm³/mol. The van der Waals surface area contributed by atoms with Gasteiger partial charge in [0.15, 0.2) is 0 Å². The molecule has 0 N–H and O–H groups in total. The Morgan fingerprint density at radius 3 is 2.07 bits per heavy atom. The van der Waals surface area contributed by atoms with Gasteiger partial charge in [-0.1, -0.05) is 0 Å². The van der Waals surface area contributed by atoms with Crippen LogP contribution >= 0.6 is 67.8 Å². The van der Waals surface area contributed by atoms with Gasteiger partial charge < -0.3 is 14.5 Å². The standard InChI is InChI=1S/C19H20I3N3O5/c1-10(26)23(2)17-14(20)13(19(29)24-6-8-30-9-7-24)15(21)18(16(17)22)25-11(27)4-3-5-12(25)28/h3-9H2,1-2H3. The number of nitrogens with zero attached hydrogens (tertiary/aromatic N) is 3. The summed E-state index contributed by atoms with van der Waals surface area (Å²) in [5, 5.41) is 0. The van der Waals surface area contributed by atoms with Crippen LogP contribution < -0.4 is 9.80 Å². The Labute approximate surface area is 215 Å². The van der Waals surface area contributed by atoms with Gasteiger partial charge in [0.1, 0.15) is 0 Å². The van der Waals surface area contributed by atoms with E-state index in [0.717, 1.165) is 0 Å². The van der Waals surface area contributed by atoms with Gasteiger partial charge in [0, 0.05) is 39.9 Å². The van der Waals surface area contributed by atoms with Crippen molar-refractivity contribution in [3.8, 4) is 0 Å². The number of halogens is 3. The molecule has 1 aromatic rings. The number of imide groups is 1. The fourth-order valence-electron chi connectivity index (χ4n) is 3.40. The lowest BCUT2D eigenvalue weighted by molar-refractivity contribution is -0.129. The summed E-state index contributed by atoms with van der Waals surface area (Å²) in [4.78, 5) is 55.4. The van der Waals surface area contributed by atoms with E-state index in [1.54, 1.807) is 11.9 Å². The van der Waals surface area contributed by atoms with Crippen LogP contribution in [0.4, 0.5) is 11.4 Å². The average molecular weight is 751 g/mol. The minimum Gasteiger partial charge on any atom is -0.378 e. The summed E-state index contributed by atoms with van der Waals surface area (Å²) in [6.45, 7) is 3.28. The molecule has 2 aliphatic rings. The molecular formula is C19H20I3N3O5. The van der Waals surface area contributed by atoms with E-state index in [1.165, 1.54) is 16.7 Å². The van der Waals surface area contributed by atoms with Crippen molar-refractivity contribution < 1.29 is 23.9 Å². The first-order chi connectivity index (χ1) is 14.2. The van der Waals surface area contributed by atoms with Gasteiger partial charge in [-0.05, 0) is 74.2 Å². The monoisotopic (exact) mass is 751 g/mol. The van der Waals surface area contributed by atoms with Crippen molar-refractivity contribution in [2.75, 3.05) is 43.2 Å². The molecule has 2 aliphatic heterocycles. The van der Waals surface area contributed by atoms with Crippen molar-refractivity contribution in [1.29, 1.82) is 0 Å². The minimum atomic E-state index is -0.288. The molecule has 30 heavy (non-hydrogen) atoms. The molecule has 0 radical (unpaired) electrons. The zero-order chi connectivity index (χ0) is 22.2. The van der Waals surface area contributed by atoms with Crippen molar-refractivity contribution in [2.45, 2.75) is 26.2 Å². The Hall–Kier alpha value is -0.550. The number of ether oxygens (including phenoxy) is 1. The molecule has 0 unspecified atom stereocenters. The smallest absolute Gasteiger partial charge is 0.256 e. The van der Waals surface area contributed by atoms with Crippen molar-refractivity contribution in [3.63, 3.8) is 0 Å². The Morgan fingerprint density at radius 2 is 1.53 bits per heavy atom. The summed E-state index contributed by atoms with van der Waals surface area (Å²) in [5.41, 5.74) is 1.33. The SMILES string of the molecule is CC(=O)N(C)c1c(I)c(C(=O)N2CCOCC2)c(I)c(N2C(=O)CCCC2=O)c1I. The van der Waals surface area contributed by atoms with E-state index in [4.69, 9.17) is 4.74 Å². The van der Waals surface area contributed by atoms with Crippen molar-refractivity contribution in [2.24, 2.45) is 0 Å². The van der Waals surface area contributed by atoms with Crippen LogP contribution in [-0.4, -0.2) is 61.9 Å². The number of benzene rings is 1. The molecule has 2 heterocycles. The molecule has 1 aromatic carbocycles. The summed E-state index contributed by atoms with van der Waals surface area (Å²) < 4.78 is 7.12. The summed E-state index contributed by atoms with van der Waals surface area (Å²) >= 11 is 6.19. The summed E-state index contributed by atoms with van der Waals surface area (Å²) in [5.74, 6) is -0.979. The number of hydrogen-bond donors (Lipinski definition) is 0. The minimum absolute atomic E-state index is 0.195. The van der Waals surface area contributed by atoms with Crippen LogP contribution in [0.1, 0.15) is 36.5 Å². The molecule has 0 aromatic heterocycles. The van der Waals surface area contributed by atoms with Gasteiger partial charge in [-0.15, -0.1) is 0 Å². The highest BCUT2D eigenvalue weighted by molar-refractivity contribution is 14.1. The quantitative estimate of drug-likeness (QED) is 0.351. The molecule has 2 saturated heterocycles. The van der Waals surface area contributed by atoms with E-state index in [-0.39, 0.29) is 36.5 Å². The first-order valence-electron chi connectivity index (χ1n) is 9.34. The van der Waals surface area contributed by atoms with E-state index < -0.39 is 0 Å². The van der Waals surface area contributed by atoms with Gasteiger partial charge in [0.05, 0.1) is 40.9 Å². The second kappa shape index (κ2) is 9.94. The molecule has 2 fully saturated rings. The molecule has 8 nitrogen and oxygen atoms in total. The van der Waals surface area contributed by atoms with E-state index in [9.17, 15) is 19.2 Å². The molecule has 0 bridgehead atoms. The lowest BCUT2D eigenvalue weighted by atomic mass is 10.1. The number of amides is 4. The number of morpholine rings is 1. The molecule has 0 atom stereocenters. The number of carbonyl (C=O) groups excluding carboxylic acids is 4. The number of anilines is 2. The molecule has 0 spiro atoms. The fraction of sp³-hybridized carbons (Fsp3) is 0.474. The molecule has 162 valence electrons.